The average molecular weight is 453 g/mol. The van der Waals surface area contributed by atoms with Crippen LogP contribution in [0.25, 0.3) is 17.0 Å². The Kier molecular flexibility index (Phi) is 5.86. The van der Waals surface area contributed by atoms with Crippen molar-refractivity contribution in [2.24, 2.45) is 0 Å². The van der Waals surface area contributed by atoms with Crippen molar-refractivity contribution in [1.82, 2.24) is 19.2 Å². The van der Waals surface area contributed by atoms with Crippen molar-refractivity contribution in [2.45, 2.75) is 25.3 Å². The van der Waals surface area contributed by atoms with Crippen LogP contribution in [0.2, 0.25) is 0 Å². The van der Waals surface area contributed by atoms with Crippen molar-refractivity contribution in [3.63, 3.8) is 0 Å². The Morgan fingerprint density at radius 3 is 2.53 bits per heavy atom. The smallest absolute Gasteiger partial charge is 0.246 e. The molecule has 0 aliphatic heterocycles. The summed E-state index contributed by atoms with van der Waals surface area (Å²) < 4.78 is 40.6. The molecule has 166 valence electrons. The minimum atomic E-state index is -3.86. The van der Waals surface area contributed by atoms with E-state index in [9.17, 15) is 8.42 Å². The van der Waals surface area contributed by atoms with Crippen molar-refractivity contribution in [1.29, 1.82) is 0 Å². The van der Waals surface area contributed by atoms with Gasteiger partial charge in [0, 0.05) is 36.5 Å². The minimum absolute atomic E-state index is 0.0592. The number of rotatable bonds is 7. The molecule has 0 amide bonds. The Morgan fingerprint density at radius 1 is 1.12 bits per heavy atom. The van der Waals surface area contributed by atoms with E-state index < -0.39 is 10.0 Å². The number of aryl methyl sites for hydroxylation is 1. The summed E-state index contributed by atoms with van der Waals surface area (Å²) in [6, 6.07) is 14.6. The molecule has 0 aliphatic rings. The fourth-order valence-corrected chi connectivity index (χ4v) is 4.71. The highest BCUT2D eigenvalue weighted by molar-refractivity contribution is 7.89. The lowest BCUT2D eigenvalue weighted by Crippen LogP contribution is -2.26. The minimum Gasteiger partial charge on any atom is -0.495 e. The van der Waals surface area contributed by atoms with Gasteiger partial charge in [-0.2, -0.15) is 9.40 Å². The molecule has 0 saturated carbocycles. The van der Waals surface area contributed by atoms with Crippen molar-refractivity contribution in [3.8, 4) is 22.8 Å². The quantitative estimate of drug-likeness (QED) is 0.421. The number of aromatic nitrogens is 3. The first-order chi connectivity index (χ1) is 15.3. The van der Waals surface area contributed by atoms with E-state index in [4.69, 9.17) is 9.26 Å². The van der Waals surface area contributed by atoms with Gasteiger partial charge in [-0.15, -0.1) is 0 Å². The molecule has 0 atom stereocenters. The van der Waals surface area contributed by atoms with Crippen LogP contribution in [0.15, 0.2) is 70.3 Å². The maximum Gasteiger partial charge on any atom is 0.246 e. The largest absolute Gasteiger partial charge is 0.495 e. The molecular weight excluding hydrogens is 428 g/mol. The first kappa shape index (κ1) is 21.8. The number of nitrogens with zero attached hydrogens (tertiary/aromatic N) is 4. The van der Waals surface area contributed by atoms with Crippen molar-refractivity contribution in [3.05, 3.63) is 77.7 Å². The summed E-state index contributed by atoms with van der Waals surface area (Å²) in [4.78, 5) is 0.0592. The first-order valence-electron chi connectivity index (χ1n) is 9.98. The van der Waals surface area contributed by atoms with Gasteiger partial charge in [-0.05, 0) is 44.2 Å². The van der Waals surface area contributed by atoms with Gasteiger partial charge in [0.25, 0.3) is 0 Å². The zero-order valence-electron chi connectivity index (χ0n) is 18.3. The van der Waals surface area contributed by atoms with Crippen LogP contribution in [0.4, 0.5) is 0 Å². The second-order valence-electron chi connectivity index (χ2n) is 7.48. The molecule has 8 nitrogen and oxygen atoms in total. The fraction of sp³-hybridized carbons (Fsp3) is 0.217. The number of hydrogen-bond acceptors (Lipinski definition) is 6. The van der Waals surface area contributed by atoms with E-state index in [0.29, 0.717) is 11.3 Å². The highest BCUT2D eigenvalue weighted by atomic mass is 32.2. The number of sulfonamides is 1. The predicted octanol–water partition coefficient (Wildman–Crippen LogP) is 3.97. The van der Waals surface area contributed by atoms with Crippen LogP contribution in [0.3, 0.4) is 0 Å². The molecule has 0 bridgehead atoms. The zero-order valence-corrected chi connectivity index (χ0v) is 19.1. The topological polar surface area (TPSA) is 90.5 Å². The molecule has 4 rings (SSSR count). The first-order valence-corrected chi connectivity index (χ1v) is 11.4. The number of hydrogen-bond donors (Lipinski definition) is 0. The molecule has 9 heteroatoms. The van der Waals surface area contributed by atoms with Crippen LogP contribution in [-0.4, -0.2) is 41.8 Å². The van der Waals surface area contributed by atoms with Gasteiger partial charge in [-0.3, -0.25) is 0 Å². The molecule has 0 spiro atoms. The summed E-state index contributed by atoms with van der Waals surface area (Å²) >= 11 is 0. The summed E-state index contributed by atoms with van der Waals surface area (Å²) in [6.45, 7) is 3.88. The van der Waals surface area contributed by atoms with Gasteiger partial charge in [-0.1, -0.05) is 23.4 Å². The van der Waals surface area contributed by atoms with E-state index in [1.165, 1.54) is 18.5 Å². The summed E-state index contributed by atoms with van der Waals surface area (Å²) in [7, 11) is -0.884. The lowest BCUT2D eigenvalue weighted by atomic mass is 10.1. The predicted molar refractivity (Wildman–Crippen MR) is 120 cm³/mol. The Bertz CT molecular complexity index is 1340. The summed E-state index contributed by atoms with van der Waals surface area (Å²) in [5.74, 6) is 0.794. The van der Waals surface area contributed by atoms with E-state index in [1.807, 2.05) is 50.4 Å². The highest BCUT2D eigenvalue weighted by Gasteiger charge is 2.27. The van der Waals surface area contributed by atoms with E-state index in [0.717, 1.165) is 22.5 Å². The number of para-hydroxylation sites is 1. The number of benzene rings is 2. The molecule has 4 aromatic rings. The third-order valence-electron chi connectivity index (χ3n) is 5.33. The van der Waals surface area contributed by atoms with Crippen LogP contribution in [0.5, 0.6) is 5.75 Å². The number of ether oxygens (including phenoxy) is 1. The van der Waals surface area contributed by atoms with Crippen molar-refractivity contribution in [2.75, 3.05) is 14.2 Å². The highest BCUT2D eigenvalue weighted by Crippen LogP contribution is 2.33. The van der Waals surface area contributed by atoms with E-state index in [1.54, 1.807) is 29.1 Å². The van der Waals surface area contributed by atoms with Crippen LogP contribution in [-0.2, 0) is 16.6 Å². The second-order valence-corrected chi connectivity index (χ2v) is 9.49. The monoisotopic (exact) mass is 452 g/mol. The van der Waals surface area contributed by atoms with Crippen LogP contribution in [0, 0.1) is 13.8 Å². The Morgan fingerprint density at radius 2 is 1.88 bits per heavy atom. The standard InChI is InChI=1S/C23H24N4O4S/c1-16-17(2)25-31-23(16)19-10-11-21(30-4)22(12-19)32(28,29)26(3)14-18-13-24-27(15-18)20-8-6-5-7-9-20/h5-13,15H,14H2,1-4H3. The van der Waals surface area contributed by atoms with E-state index in [-0.39, 0.29) is 17.2 Å². The van der Waals surface area contributed by atoms with Crippen LogP contribution < -0.4 is 4.74 Å². The molecule has 2 heterocycles. The van der Waals surface area contributed by atoms with E-state index >= 15 is 0 Å². The molecule has 0 aliphatic carbocycles. The van der Waals surface area contributed by atoms with Gasteiger partial charge in [0.2, 0.25) is 10.0 Å². The SMILES string of the molecule is COc1ccc(-c2onc(C)c2C)cc1S(=O)(=O)N(C)Cc1cnn(-c2ccccc2)c1. The van der Waals surface area contributed by atoms with Crippen molar-refractivity contribution < 1.29 is 17.7 Å². The van der Waals surface area contributed by atoms with E-state index in [2.05, 4.69) is 10.3 Å². The maximum absolute atomic E-state index is 13.4. The van der Waals surface area contributed by atoms with Gasteiger partial charge in [0.05, 0.1) is 24.7 Å². The normalized spacial score (nSPS) is 11.8. The summed E-state index contributed by atoms with van der Waals surface area (Å²) in [5.41, 5.74) is 3.90. The maximum atomic E-state index is 13.4. The molecule has 32 heavy (non-hydrogen) atoms. The lowest BCUT2D eigenvalue weighted by molar-refractivity contribution is 0.397. The van der Waals surface area contributed by atoms with Gasteiger partial charge < -0.3 is 9.26 Å². The Labute approximate surface area is 187 Å². The molecule has 2 aromatic heterocycles. The van der Waals surface area contributed by atoms with Gasteiger partial charge in [0.15, 0.2) is 5.76 Å². The Balaban J connectivity index is 1.64. The van der Waals surface area contributed by atoms with Gasteiger partial charge >= 0.3 is 0 Å². The zero-order chi connectivity index (χ0) is 22.9. The van der Waals surface area contributed by atoms with Gasteiger partial charge in [-0.25, -0.2) is 13.1 Å². The molecule has 2 aromatic carbocycles. The second kappa shape index (κ2) is 8.60. The average Bonchev–Trinajstić information content (AvgIpc) is 3.40. The Hall–Kier alpha value is -3.43. The molecule has 0 unspecified atom stereocenters. The lowest BCUT2D eigenvalue weighted by Gasteiger charge is -2.19. The molecular formula is C23H24N4O4S. The third kappa shape index (κ3) is 4.04. The van der Waals surface area contributed by atoms with Gasteiger partial charge in [0.1, 0.15) is 10.6 Å². The third-order valence-corrected chi connectivity index (χ3v) is 7.16. The molecule has 0 fully saturated rings. The van der Waals surface area contributed by atoms with Crippen LogP contribution >= 0.6 is 0 Å². The summed E-state index contributed by atoms with van der Waals surface area (Å²) in [5, 5.41) is 8.31. The van der Waals surface area contributed by atoms with Crippen LogP contribution in [0.1, 0.15) is 16.8 Å². The van der Waals surface area contributed by atoms with Crippen molar-refractivity contribution >= 4 is 10.0 Å². The number of methoxy groups -OCH3 is 1. The fourth-order valence-electron chi connectivity index (χ4n) is 3.38. The molecule has 0 radical (unpaired) electrons. The molecule has 0 saturated heterocycles. The molecule has 0 N–H and O–H groups in total. The summed E-state index contributed by atoms with van der Waals surface area (Å²) in [6.07, 6.45) is 3.48.